The maximum Gasteiger partial charge on any atom is 0.306 e. The number of hydrogen-bond acceptors (Lipinski definition) is 3. The average Bonchev–Trinajstić information content (AvgIpc) is 3.20. The van der Waals surface area contributed by atoms with Crippen molar-refractivity contribution in [2.75, 3.05) is 0 Å². The van der Waals surface area contributed by atoms with Crippen LogP contribution in [0.1, 0.15) is 125 Å². The number of esters is 1. The molecule has 4 rings (SSSR count). The second-order valence-corrected chi connectivity index (χ2v) is 14.2. The highest BCUT2D eigenvalue weighted by atomic mass is 16.5. The summed E-state index contributed by atoms with van der Waals surface area (Å²) in [5.74, 6) is 4.49. The summed E-state index contributed by atoms with van der Waals surface area (Å²) >= 11 is 0. The molecule has 37 heavy (non-hydrogen) atoms. The molecule has 0 amide bonds. The van der Waals surface area contributed by atoms with E-state index in [0.29, 0.717) is 5.41 Å². The summed E-state index contributed by atoms with van der Waals surface area (Å²) in [5.41, 5.74) is 2.25. The number of carbonyl (C=O) groups excluding carboxylic acids is 1. The monoisotopic (exact) mass is 514 g/mol. The van der Waals surface area contributed by atoms with Crippen LogP contribution in [0.25, 0.3) is 0 Å². The lowest BCUT2D eigenvalue weighted by atomic mass is 9.47. The molecule has 210 valence electrons. The summed E-state index contributed by atoms with van der Waals surface area (Å²) in [7, 11) is 0. The van der Waals surface area contributed by atoms with E-state index in [1.54, 1.807) is 0 Å². The fourth-order valence-corrected chi connectivity index (χ4v) is 9.84. The molecule has 9 atom stereocenters. The lowest BCUT2D eigenvalue weighted by Crippen LogP contribution is -2.51. The van der Waals surface area contributed by atoms with E-state index in [1.807, 2.05) is 0 Å². The van der Waals surface area contributed by atoms with E-state index in [2.05, 4.69) is 47.6 Å². The molecule has 0 spiro atoms. The molecule has 3 saturated carbocycles. The first kappa shape index (κ1) is 28.7. The zero-order valence-electron chi connectivity index (χ0n) is 24.6. The Morgan fingerprint density at radius 2 is 1.78 bits per heavy atom. The third-order valence-corrected chi connectivity index (χ3v) is 12.1. The van der Waals surface area contributed by atoms with Gasteiger partial charge < -0.3 is 9.84 Å². The zero-order valence-corrected chi connectivity index (χ0v) is 24.6. The minimum atomic E-state index is -0.942. The Labute approximate surface area is 226 Å². The molecule has 3 fully saturated rings. The molecule has 1 N–H and O–H groups in total. The lowest BCUT2D eigenvalue weighted by molar-refractivity contribution is -0.154. The molecule has 0 aromatic heterocycles. The molecule has 2 unspecified atom stereocenters. The molecular weight excluding hydrogens is 460 g/mol. The highest BCUT2D eigenvalue weighted by molar-refractivity contribution is 5.76. The second-order valence-electron chi connectivity index (χ2n) is 14.2. The molecule has 0 bridgehead atoms. The Bertz CT molecular complexity index is 860. The van der Waals surface area contributed by atoms with Crippen LogP contribution >= 0.6 is 0 Å². The van der Waals surface area contributed by atoms with Crippen molar-refractivity contribution in [3.05, 3.63) is 11.6 Å². The average molecular weight is 515 g/mol. The third-order valence-electron chi connectivity index (χ3n) is 12.1. The third kappa shape index (κ3) is 5.69. The summed E-state index contributed by atoms with van der Waals surface area (Å²) in [4.78, 5) is 23.0. The summed E-state index contributed by atoms with van der Waals surface area (Å²) in [5, 5.41) is 8.86. The van der Waals surface area contributed by atoms with Gasteiger partial charge in [-0.05, 0) is 104 Å². The van der Waals surface area contributed by atoms with Gasteiger partial charge in [0.05, 0.1) is 12.8 Å². The summed E-state index contributed by atoms with van der Waals surface area (Å²) < 4.78 is 5.72. The lowest BCUT2D eigenvalue weighted by Gasteiger charge is -2.58. The van der Waals surface area contributed by atoms with Gasteiger partial charge in [-0.15, -0.1) is 0 Å². The van der Waals surface area contributed by atoms with Gasteiger partial charge in [-0.1, -0.05) is 66.0 Å². The van der Waals surface area contributed by atoms with Crippen molar-refractivity contribution in [2.45, 2.75) is 131 Å². The summed E-state index contributed by atoms with van der Waals surface area (Å²) in [6.45, 7) is 14.9. The number of ether oxygens (including phenoxy) is 1. The number of fused-ring (bicyclic) bond motifs is 5. The van der Waals surface area contributed by atoms with Gasteiger partial charge in [0, 0.05) is 6.42 Å². The molecule has 4 aliphatic carbocycles. The second kappa shape index (κ2) is 11.4. The minimum absolute atomic E-state index is 0.0245. The van der Waals surface area contributed by atoms with Crippen LogP contribution in [-0.2, 0) is 14.3 Å². The Kier molecular flexibility index (Phi) is 8.86. The predicted molar refractivity (Wildman–Crippen MR) is 149 cm³/mol. The maximum absolute atomic E-state index is 12.2. The number of carboxylic acids is 1. The Morgan fingerprint density at radius 3 is 2.46 bits per heavy atom. The van der Waals surface area contributed by atoms with Crippen molar-refractivity contribution in [3.63, 3.8) is 0 Å². The smallest absolute Gasteiger partial charge is 0.306 e. The van der Waals surface area contributed by atoms with Crippen LogP contribution in [0.15, 0.2) is 11.6 Å². The van der Waals surface area contributed by atoms with Gasteiger partial charge >= 0.3 is 11.9 Å². The van der Waals surface area contributed by atoms with Crippen LogP contribution in [0, 0.1) is 52.3 Å². The predicted octanol–water partition coefficient (Wildman–Crippen LogP) is 8.44. The standard InChI is InChI=1S/C33H54O4/c1-7-23(21(2)3)9-8-22(4)27-12-13-28-26-11-10-24-20-25(37-31(36)15-14-30(34)35)16-18-32(24,5)29(26)17-19-33(27,28)6/h10,21-23,25-29H,7-9,11-20H2,1-6H3,(H,34,35)/t22?,23?,25-,26-,27+,28-,29-,32-,33+/m0/s1. The molecule has 0 aromatic rings. The van der Waals surface area contributed by atoms with E-state index in [4.69, 9.17) is 9.84 Å². The van der Waals surface area contributed by atoms with E-state index in [1.165, 1.54) is 56.9 Å². The molecular formula is C33H54O4. The Hall–Kier alpha value is -1.32. The number of carbonyl (C=O) groups is 2. The normalized spacial score (nSPS) is 38.7. The molecule has 4 nitrogen and oxygen atoms in total. The highest BCUT2D eigenvalue weighted by Crippen LogP contribution is 2.67. The van der Waals surface area contributed by atoms with E-state index >= 15 is 0 Å². The quantitative estimate of drug-likeness (QED) is 0.235. The van der Waals surface area contributed by atoms with Gasteiger partial charge in [-0.2, -0.15) is 0 Å². The molecule has 0 aliphatic heterocycles. The SMILES string of the molecule is CCC(CCC(C)[C@H]1CC[C@H]2[C@@H]3CC=C4C[C@@H](OC(=O)CCC(=O)O)CC[C@]4(C)[C@H]3CC[C@]12C)C(C)C. The largest absolute Gasteiger partial charge is 0.481 e. The first-order valence-electron chi connectivity index (χ1n) is 15.6. The minimum Gasteiger partial charge on any atom is -0.481 e. The van der Waals surface area contributed by atoms with Gasteiger partial charge in [0.15, 0.2) is 0 Å². The summed E-state index contributed by atoms with van der Waals surface area (Å²) in [6, 6.07) is 0. The number of hydrogen-bond donors (Lipinski definition) is 1. The van der Waals surface area contributed by atoms with Crippen LogP contribution in [-0.4, -0.2) is 23.1 Å². The van der Waals surface area contributed by atoms with Crippen molar-refractivity contribution < 1.29 is 19.4 Å². The molecule has 0 radical (unpaired) electrons. The fraction of sp³-hybridized carbons (Fsp3) is 0.879. The van der Waals surface area contributed by atoms with E-state index < -0.39 is 5.97 Å². The van der Waals surface area contributed by atoms with Gasteiger partial charge in [-0.3, -0.25) is 9.59 Å². The number of allylic oxidation sites excluding steroid dienone is 1. The number of rotatable bonds is 10. The first-order valence-corrected chi connectivity index (χ1v) is 15.6. The van der Waals surface area contributed by atoms with Crippen LogP contribution in [0.2, 0.25) is 0 Å². The maximum atomic E-state index is 12.2. The van der Waals surface area contributed by atoms with Crippen molar-refractivity contribution in [2.24, 2.45) is 52.3 Å². The molecule has 4 heteroatoms. The van der Waals surface area contributed by atoms with Crippen LogP contribution in [0.3, 0.4) is 0 Å². The molecule has 0 aromatic carbocycles. The summed E-state index contributed by atoms with van der Waals surface area (Å²) in [6.07, 6.45) is 16.0. The first-order chi connectivity index (χ1) is 17.5. The number of aliphatic carboxylic acids is 1. The highest BCUT2D eigenvalue weighted by Gasteiger charge is 2.59. The van der Waals surface area contributed by atoms with Gasteiger partial charge in [0.1, 0.15) is 6.10 Å². The molecule has 0 heterocycles. The van der Waals surface area contributed by atoms with Crippen molar-refractivity contribution in [1.29, 1.82) is 0 Å². The number of carboxylic acid groups (broad SMARTS) is 1. The van der Waals surface area contributed by atoms with E-state index in [9.17, 15) is 9.59 Å². The fourth-order valence-electron chi connectivity index (χ4n) is 9.84. The Balaban J connectivity index is 1.40. The van der Waals surface area contributed by atoms with E-state index in [0.717, 1.165) is 60.7 Å². The van der Waals surface area contributed by atoms with Crippen LogP contribution in [0.5, 0.6) is 0 Å². The molecule has 4 aliphatic rings. The van der Waals surface area contributed by atoms with Crippen molar-refractivity contribution in [1.82, 2.24) is 0 Å². The van der Waals surface area contributed by atoms with Gasteiger partial charge in [0.2, 0.25) is 0 Å². The topological polar surface area (TPSA) is 63.6 Å². The van der Waals surface area contributed by atoms with Crippen molar-refractivity contribution in [3.8, 4) is 0 Å². The van der Waals surface area contributed by atoms with Gasteiger partial charge in [-0.25, -0.2) is 0 Å². The van der Waals surface area contributed by atoms with Crippen molar-refractivity contribution >= 4 is 11.9 Å². The Morgan fingerprint density at radius 1 is 1.03 bits per heavy atom. The zero-order chi connectivity index (χ0) is 27.0. The molecule has 0 saturated heterocycles. The van der Waals surface area contributed by atoms with E-state index in [-0.39, 0.29) is 30.3 Å². The van der Waals surface area contributed by atoms with Gasteiger partial charge in [0.25, 0.3) is 0 Å². The van der Waals surface area contributed by atoms with Crippen LogP contribution in [0.4, 0.5) is 0 Å². The van der Waals surface area contributed by atoms with Crippen LogP contribution < -0.4 is 0 Å².